The van der Waals surface area contributed by atoms with Gasteiger partial charge in [0.15, 0.2) is 0 Å². The van der Waals surface area contributed by atoms with Crippen LogP contribution in [0.4, 0.5) is 5.95 Å². The molecular weight excluding hydrogens is 234 g/mol. The molecule has 1 aromatic carbocycles. The first-order valence-electron chi connectivity index (χ1n) is 5.04. The lowest BCUT2D eigenvalue weighted by Gasteiger charge is -2.04. The first-order valence-corrected chi connectivity index (χ1v) is 5.44. The number of hydrogen-bond acceptors (Lipinski definition) is 4. The Morgan fingerprint density at radius 2 is 2.12 bits per heavy atom. The quantitative estimate of drug-likeness (QED) is 0.642. The summed E-state index contributed by atoms with van der Waals surface area (Å²) < 4.78 is 2.11. The predicted molar refractivity (Wildman–Crippen MR) is 68.5 cm³/mol. The van der Waals surface area contributed by atoms with Gasteiger partial charge in [-0.2, -0.15) is 0 Å². The highest BCUT2D eigenvalue weighted by Crippen LogP contribution is 2.17. The van der Waals surface area contributed by atoms with Crippen molar-refractivity contribution in [2.45, 2.75) is 0 Å². The highest BCUT2D eigenvalue weighted by atomic mass is 32.1. The highest BCUT2D eigenvalue weighted by Gasteiger charge is 2.05. The van der Waals surface area contributed by atoms with Crippen LogP contribution in [0, 0.1) is 4.77 Å². The number of nitrogens with zero attached hydrogens (tertiary/aromatic N) is 3. The van der Waals surface area contributed by atoms with Crippen molar-refractivity contribution >= 4 is 29.1 Å². The summed E-state index contributed by atoms with van der Waals surface area (Å²) in [5.74, 6) is 0.326. The third kappa shape index (κ3) is 1.58. The molecule has 3 N–H and O–H groups in total. The van der Waals surface area contributed by atoms with Crippen LogP contribution in [-0.4, -0.2) is 19.7 Å². The van der Waals surface area contributed by atoms with Crippen LogP contribution in [0.25, 0.3) is 16.6 Å². The predicted octanol–water partition coefficient (Wildman–Crippen LogP) is 2.06. The Hall–Kier alpha value is -2.21. The minimum absolute atomic E-state index is 0.326. The van der Waals surface area contributed by atoms with Crippen LogP contribution in [0.1, 0.15) is 0 Å². The van der Waals surface area contributed by atoms with Gasteiger partial charge in [-0.25, -0.2) is 5.10 Å². The minimum atomic E-state index is 0.326. The van der Waals surface area contributed by atoms with Crippen molar-refractivity contribution < 1.29 is 0 Å². The molecule has 84 valence electrons. The zero-order valence-electron chi connectivity index (χ0n) is 8.79. The van der Waals surface area contributed by atoms with Gasteiger partial charge in [0.1, 0.15) is 0 Å². The summed E-state index contributed by atoms with van der Waals surface area (Å²) in [6, 6.07) is 9.84. The lowest BCUT2D eigenvalue weighted by molar-refractivity contribution is 1.03. The number of hydrogen-bond donors (Lipinski definition) is 2. The van der Waals surface area contributed by atoms with Crippen LogP contribution in [-0.2, 0) is 0 Å². The van der Waals surface area contributed by atoms with E-state index in [1.165, 1.54) is 0 Å². The molecule has 2 aromatic heterocycles. The molecule has 0 atom stereocenters. The zero-order chi connectivity index (χ0) is 11.8. The first kappa shape index (κ1) is 9.98. The number of rotatable bonds is 1. The fourth-order valence-electron chi connectivity index (χ4n) is 1.74. The molecule has 3 aromatic rings. The van der Waals surface area contributed by atoms with E-state index in [1.807, 2.05) is 30.3 Å². The van der Waals surface area contributed by atoms with Gasteiger partial charge >= 0.3 is 0 Å². The standard InChI is InChI=1S/C11H9N5S/c12-10-14-15-11(17)16(10)8-5-7-3-1-2-4-9(7)13-6-8/h1-6H,(H2,12,14)(H,15,17). The topological polar surface area (TPSA) is 72.5 Å². The summed E-state index contributed by atoms with van der Waals surface area (Å²) in [5.41, 5.74) is 7.48. The van der Waals surface area contributed by atoms with Gasteiger partial charge in [-0.1, -0.05) is 18.2 Å². The Balaban J connectivity index is 2.29. The Morgan fingerprint density at radius 3 is 2.88 bits per heavy atom. The van der Waals surface area contributed by atoms with Crippen molar-refractivity contribution in [1.29, 1.82) is 0 Å². The molecule has 5 nitrogen and oxygen atoms in total. The second-order valence-electron chi connectivity index (χ2n) is 3.61. The fraction of sp³-hybridized carbons (Fsp3) is 0. The normalized spacial score (nSPS) is 10.8. The number of aromatic nitrogens is 4. The van der Waals surface area contributed by atoms with Crippen LogP contribution in [0.15, 0.2) is 36.5 Å². The van der Waals surface area contributed by atoms with Crippen molar-refractivity contribution in [3.63, 3.8) is 0 Å². The van der Waals surface area contributed by atoms with Gasteiger partial charge in [0.2, 0.25) is 10.7 Å². The van der Waals surface area contributed by atoms with Gasteiger partial charge < -0.3 is 5.73 Å². The minimum Gasteiger partial charge on any atom is -0.368 e. The van der Waals surface area contributed by atoms with E-state index in [-0.39, 0.29) is 0 Å². The number of nitrogens with one attached hydrogen (secondary N) is 1. The van der Waals surface area contributed by atoms with Crippen molar-refractivity contribution in [3.05, 3.63) is 41.3 Å². The van der Waals surface area contributed by atoms with E-state index in [0.29, 0.717) is 10.7 Å². The number of nitrogen functional groups attached to an aromatic ring is 1. The van der Waals surface area contributed by atoms with Crippen molar-refractivity contribution in [1.82, 2.24) is 19.7 Å². The van der Waals surface area contributed by atoms with Gasteiger partial charge in [-0.3, -0.25) is 9.55 Å². The smallest absolute Gasteiger partial charge is 0.225 e. The molecule has 0 saturated heterocycles. The van der Waals surface area contributed by atoms with Crippen LogP contribution in [0.5, 0.6) is 0 Å². The number of benzene rings is 1. The van der Waals surface area contributed by atoms with E-state index in [1.54, 1.807) is 10.8 Å². The third-order valence-electron chi connectivity index (χ3n) is 2.53. The summed E-state index contributed by atoms with van der Waals surface area (Å²) in [7, 11) is 0. The lowest BCUT2D eigenvalue weighted by Crippen LogP contribution is -2.01. The van der Waals surface area contributed by atoms with Gasteiger partial charge in [-0.05, 0) is 24.4 Å². The summed E-state index contributed by atoms with van der Waals surface area (Å²) in [5, 5.41) is 7.55. The maximum atomic E-state index is 5.74. The van der Waals surface area contributed by atoms with E-state index in [9.17, 15) is 0 Å². The molecule has 0 unspecified atom stereocenters. The Kier molecular flexibility index (Phi) is 2.15. The van der Waals surface area contributed by atoms with Crippen LogP contribution in [0.2, 0.25) is 0 Å². The second kappa shape index (κ2) is 3.67. The van der Waals surface area contributed by atoms with E-state index in [4.69, 9.17) is 18.0 Å². The van der Waals surface area contributed by atoms with E-state index < -0.39 is 0 Å². The highest BCUT2D eigenvalue weighted by molar-refractivity contribution is 7.71. The maximum absolute atomic E-state index is 5.74. The largest absolute Gasteiger partial charge is 0.368 e. The van der Waals surface area contributed by atoms with Gasteiger partial charge in [-0.15, -0.1) is 5.10 Å². The van der Waals surface area contributed by atoms with E-state index >= 15 is 0 Å². The Bertz CT molecular complexity index is 743. The summed E-state index contributed by atoms with van der Waals surface area (Å²) in [4.78, 5) is 4.36. The molecule has 0 aliphatic carbocycles. The molecule has 0 saturated carbocycles. The Labute approximate surface area is 102 Å². The summed E-state index contributed by atoms with van der Waals surface area (Å²) >= 11 is 5.11. The van der Waals surface area contributed by atoms with Gasteiger partial charge in [0.25, 0.3) is 0 Å². The molecule has 0 aliphatic heterocycles. The molecule has 3 rings (SSSR count). The Morgan fingerprint density at radius 1 is 1.29 bits per heavy atom. The second-order valence-corrected chi connectivity index (χ2v) is 4.00. The van der Waals surface area contributed by atoms with Crippen LogP contribution < -0.4 is 5.73 Å². The number of aromatic amines is 1. The molecule has 17 heavy (non-hydrogen) atoms. The van der Waals surface area contributed by atoms with Gasteiger partial charge in [0, 0.05) is 5.39 Å². The third-order valence-corrected chi connectivity index (χ3v) is 2.81. The molecule has 0 spiro atoms. The molecule has 2 heterocycles. The fourth-order valence-corrected chi connectivity index (χ4v) is 1.98. The SMILES string of the molecule is Nc1n[nH]c(=S)n1-c1cnc2ccccc2c1. The molecular formula is C11H9N5S. The van der Waals surface area contributed by atoms with Crippen LogP contribution in [0.3, 0.4) is 0 Å². The van der Waals surface area contributed by atoms with Crippen LogP contribution >= 0.6 is 12.2 Å². The molecule has 0 amide bonds. The molecule has 0 aliphatic rings. The first-order chi connectivity index (χ1) is 8.25. The monoisotopic (exact) mass is 243 g/mol. The average Bonchev–Trinajstić information content (AvgIpc) is 2.68. The van der Waals surface area contributed by atoms with E-state index in [2.05, 4.69) is 15.2 Å². The number of pyridine rings is 1. The van der Waals surface area contributed by atoms with Crippen molar-refractivity contribution in [3.8, 4) is 5.69 Å². The van der Waals surface area contributed by atoms with E-state index in [0.717, 1.165) is 16.6 Å². The van der Waals surface area contributed by atoms with Crippen molar-refractivity contribution in [2.24, 2.45) is 0 Å². The number of anilines is 1. The molecule has 0 bridgehead atoms. The molecule has 0 radical (unpaired) electrons. The molecule has 0 fully saturated rings. The van der Waals surface area contributed by atoms with Crippen molar-refractivity contribution in [2.75, 3.05) is 5.73 Å². The summed E-state index contributed by atoms with van der Waals surface area (Å²) in [6.07, 6.45) is 1.73. The maximum Gasteiger partial charge on any atom is 0.225 e. The molecule has 6 heteroatoms. The lowest BCUT2D eigenvalue weighted by atomic mass is 10.2. The number of nitrogens with two attached hydrogens (primary N) is 1. The number of H-pyrrole nitrogens is 1. The zero-order valence-corrected chi connectivity index (χ0v) is 9.61. The number of fused-ring (bicyclic) bond motifs is 1. The average molecular weight is 243 g/mol. The van der Waals surface area contributed by atoms with Gasteiger partial charge in [0.05, 0.1) is 17.4 Å². The number of para-hydroxylation sites is 1. The summed E-state index contributed by atoms with van der Waals surface area (Å²) in [6.45, 7) is 0.